The highest BCUT2D eigenvalue weighted by atomic mass is 32.1. The van der Waals surface area contributed by atoms with Crippen LogP contribution in [0.3, 0.4) is 0 Å². The number of unbranched alkanes of at least 4 members (excludes halogenated alkanes) is 2. The van der Waals surface area contributed by atoms with Gasteiger partial charge in [0, 0.05) is 24.4 Å². The van der Waals surface area contributed by atoms with Crippen LogP contribution in [0.15, 0.2) is 5.38 Å². The fourth-order valence-corrected chi connectivity index (χ4v) is 3.95. The predicted octanol–water partition coefficient (Wildman–Crippen LogP) is 3.61. The summed E-state index contributed by atoms with van der Waals surface area (Å²) in [5, 5.41) is 6.55. The van der Waals surface area contributed by atoms with E-state index in [0.29, 0.717) is 0 Å². The van der Waals surface area contributed by atoms with Gasteiger partial charge in [0.2, 0.25) is 5.91 Å². The molecule has 23 heavy (non-hydrogen) atoms. The van der Waals surface area contributed by atoms with Gasteiger partial charge in [-0.05, 0) is 45.2 Å². The molecule has 2 rings (SSSR count). The number of rotatable bonds is 9. The molecule has 4 nitrogen and oxygen atoms in total. The first-order chi connectivity index (χ1) is 11.2. The zero-order chi connectivity index (χ0) is 16.5. The predicted molar refractivity (Wildman–Crippen MR) is 96.6 cm³/mol. The second-order valence-electron chi connectivity index (χ2n) is 6.53. The Morgan fingerprint density at radius 1 is 1.30 bits per heavy atom. The highest BCUT2D eigenvalue weighted by molar-refractivity contribution is 7.09. The molecule has 1 saturated heterocycles. The molecule has 0 bridgehead atoms. The van der Waals surface area contributed by atoms with E-state index in [1.54, 1.807) is 11.3 Å². The molecular weight excluding hydrogens is 306 g/mol. The third-order valence-electron chi connectivity index (χ3n) is 4.49. The molecule has 1 aromatic heterocycles. The highest BCUT2D eigenvalue weighted by Gasteiger charge is 2.24. The average molecular weight is 338 g/mol. The van der Waals surface area contributed by atoms with Crippen LogP contribution in [-0.4, -0.2) is 35.4 Å². The van der Waals surface area contributed by atoms with E-state index < -0.39 is 0 Å². The van der Waals surface area contributed by atoms with Crippen molar-refractivity contribution in [2.75, 3.05) is 19.6 Å². The van der Waals surface area contributed by atoms with E-state index in [9.17, 15) is 4.79 Å². The minimum absolute atomic E-state index is 0.207. The molecule has 0 spiro atoms. The van der Waals surface area contributed by atoms with E-state index in [2.05, 4.69) is 29.4 Å². The lowest BCUT2D eigenvalue weighted by molar-refractivity contribution is -0.126. The molecule has 130 valence electrons. The number of hydrogen-bond donors (Lipinski definition) is 1. The van der Waals surface area contributed by atoms with Gasteiger partial charge in [0.25, 0.3) is 0 Å². The van der Waals surface area contributed by atoms with E-state index in [1.807, 2.05) is 0 Å². The molecule has 2 heterocycles. The van der Waals surface area contributed by atoms with Crippen LogP contribution in [0.4, 0.5) is 0 Å². The molecule has 0 saturated carbocycles. The number of amides is 1. The molecule has 1 N–H and O–H groups in total. The lowest BCUT2D eigenvalue weighted by Gasteiger charge is -2.30. The van der Waals surface area contributed by atoms with E-state index in [-0.39, 0.29) is 11.8 Å². The number of thiazole rings is 1. The van der Waals surface area contributed by atoms with E-state index in [0.717, 1.165) is 58.3 Å². The van der Waals surface area contributed by atoms with Crippen LogP contribution in [0.5, 0.6) is 0 Å². The minimum Gasteiger partial charge on any atom is -0.356 e. The van der Waals surface area contributed by atoms with Gasteiger partial charge in [0.15, 0.2) is 0 Å². The Morgan fingerprint density at radius 2 is 2.09 bits per heavy atom. The SMILES string of the molecule is CCCCCNC(=O)C1CCN(Cc2csc(CCC)n2)CC1. The van der Waals surface area contributed by atoms with Crippen LogP contribution in [0.2, 0.25) is 0 Å². The molecule has 0 unspecified atom stereocenters. The Morgan fingerprint density at radius 3 is 2.78 bits per heavy atom. The van der Waals surface area contributed by atoms with Crippen LogP contribution in [0, 0.1) is 5.92 Å². The fraction of sp³-hybridized carbons (Fsp3) is 0.778. The summed E-state index contributed by atoms with van der Waals surface area (Å²) in [5.74, 6) is 0.471. The number of likely N-dealkylation sites (tertiary alicyclic amines) is 1. The quantitative estimate of drug-likeness (QED) is 0.700. The number of aryl methyl sites for hydroxylation is 1. The summed E-state index contributed by atoms with van der Waals surface area (Å²) in [6.45, 7) is 8.17. The fourth-order valence-electron chi connectivity index (χ4n) is 3.06. The molecule has 1 fully saturated rings. The number of aromatic nitrogens is 1. The van der Waals surface area contributed by atoms with E-state index in [1.165, 1.54) is 23.5 Å². The van der Waals surface area contributed by atoms with Crippen LogP contribution >= 0.6 is 11.3 Å². The second kappa shape index (κ2) is 10.0. The van der Waals surface area contributed by atoms with Crippen molar-refractivity contribution < 1.29 is 4.79 Å². The molecule has 5 heteroatoms. The van der Waals surface area contributed by atoms with Crippen LogP contribution in [-0.2, 0) is 17.8 Å². The number of carbonyl (C=O) groups is 1. The number of nitrogens with zero attached hydrogens (tertiary/aromatic N) is 2. The highest BCUT2D eigenvalue weighted by Crippen LogP contribution is 2.20. The molecule has 0 atom stereocenters. The van der Waals surface area contributed by atoms with Gasteiger partial charge in [-0.1, -0.05) is 26.7 Å². The summed E-state index contributed by atoms with van der Waals surface area (Å²) in [5.41, 5.74) is 1.20. The van der Waals surface area contributed by atoms with Crippen LogP contribution in [0.25, 0.3) is 0 Å². The third kappa shape index (κ3) is 6.22. The lowest BCUT2D eigenvalue weighted by atomic mass is 9.96. The number of carbonyl (C=O) groups excluding carboxylic acids is 1. The van der Waals surface area contributed by atoms with Crippen molar-refractivity contribution in [1.82, 2.24) is 15.2 Å². The maximum atomic E-state index is 12.2. The standard InChI is InChI=1S/C18H31N3OS/c1-3-5-6-10-19-18(22)15-8-11-21(12-9-15)13-16-14-23-17(20-16)7-4-2/h14-15H,3-13H2,1-2H3,(H,19,22). The molecule has 1 aliphatic heterocycles. The number of piperidine rings is 1. The average Bonchev–Trinajstić information content (AvgIpc) is 2.99. The zero-order valence-electron chi connectivity index (χ0n) is 14.6. The van der Waals surface area contributed by atoms with Gasteiger partial charge in [0.05, 0.1) is 10.7 Å². The molecule has 1 aromatic rings. The molecule has 0 aliphatic carbocycles. The summed E-state index contributed by atoms with van der Waals surface area (Å²) in [4.78, 5) is 19.3. The van der Waals surface area contributed by atoms with Crippen LogP contribution in [0.1, 0.15) is 63.1 Å². The Bertz CT molecular complexity index is 467. The first-order valence-electron chi connectivity index (χ1n) is 9.16. The second-order valence-corrected chi connectivity index (χ2v) is 7.47. The summed E-state index contributed by atoms with van der Waals surface area (Å²) in [6.07, 6.45) is 7.70. The Hall–Kier alpha value is -0.940. The number of nitrogens with one attached hydrogen (secondary N) is 1. The Balaban J connectivity index is 1.67. The monoisotopic (exact) mass is 337 g/mol. The van der Waals surface area contributed by atoms with Gasteiger partial charge in [-0.15, -0.1) is 11.3 Å². The largest absolute Gasteiger partial charge is 0.356 e. The number of hydrogen-bond acceptors (Lipinski definition) is 4. The van der Waals surface area contributed by atoms with Gasteiger partial charge in [-0.3, -0.25) is 9.69 Å². The van der Waals surface area contributed by atoms with Crippen molar-refractivity contribution in [2.24, 2.45) is 5.92 Å². The first kappa shape index (κ1) is 18.4. The van der Waals surface area contributed by atoms with Gasteiger partial charge in [0.1, 0.15) is 0 Å². The molecular formula is C18H31N3OS. The first-order valence-corrected chi connectivity index (χ1v) is 10.0. The van der Waals surface area contributed by atoms with Crippen LogP contribution < -0.4 is 5.32 Å². The maximum Gasteiger partial charge on any atom is 0.223 e. The minimum atomic E-state index is 0.207. The normalized spacial score (nSPS) is 16.6. The summed E-state index contributed by atoms with van der Waals surface area (Å²) >= 11 is 1.78. The molecule has 1 aliphatic rings. The van der Waals surface area contributed by atoms with E-state index >= 15 is 0 Å². The molecule has 0 aromatic carbocycles. The zero-order valence-corrected chi connectivity index (χ0v) is 15.5. The summed E-state index contributed by atoms with van der Waals surface area (Å²) in [7, 11) is 0. The van der Waals surface area contributed by atoms with Crippen molar-refractivity contribution in [3.8, 4) is 0 Å². The van der Waals surface area contributed by atoms with Gasteiger partial charge in [-0.25, -0.2) is 4.98 Å². The molecule has 1 amide bonds. The van der Waals surface area contributed by atoms with Crippen molar-refractivity contribution in [3.05, 3.63) is 16.1 Å². The van der Waals surface area contributed by atoms with Crippen molar-refractivity contribution in [2.45, 2.75) is 65.3 Å². The smallest absolute Gasteiger partial charge is 0.223 e. The molecule has 0 radical (unpaired) electrons. The lowest BCUT2D eigenvalue weighted by Crippen LogP contribution is -2.40. The van der Waals surface area contributed by atoms with Gasteiger partial charge < -0.3 is 5.32 Å². The van der Waals surface area contributed by atoms with Gasteiger partial charge >= 0.3 is 0 Å². The van der Waals surface area contributed by atoms with Crippen molar-refractivity contribution in [3.63, 3.8) is 0 Å². The van der Waals surface area contributed by atoms with Crippen molar-refractivity contribution >= 4 is 17.2 Å². The Labute approximate surface area is 144 Å². The Kier molecular flexibility index (Phi) is 8.03. The summed E-state index contributed by atoms with van der Waals surface area (Å²) < 4.78 is 0. The van der Waals surface area contributed by atoms with E-state index in [4.69, 9.17) is 4.98 Å². The maximum absolute atomic E-state index is 12.2. The van der Waals surface area contributed by atoms with Crippen molar-refractivity contribution in [1.29, 1.82) is 0 Å². The third-order valence-corrected chi connectivity index (χ3v) is 5.44. The summed E-state index contributed by atoms with van der Waals surface area (Å²) in [6, 6.07) is 0. The van der Waals surface area contributed by atoms with Gasteiger partial charge in [-0.2, -0.15) is 0 Å². The topological polar surface area (TPSA) is 45.2 Å².